The summed E-state index contributed by atoms with van der Waals surface area (Å²) < 4.78 is 11.6. The molecule has 0 aliphatic heterocycles. The summed E-state index contributed by atoms with van der Waals surface area (Å²) in [6.07, 6.45) is 3.51. The molecule has 0 spiro atoms. The quantitative estimate of drug-likeness (QED) is 0.653. The first-order valence-electron chi connectivity index (χ1n) is 7.41. The van der Waals surface area contributed by atoms with Crippen molar-refractivity contribution >= 4 is 0 Å². The van der Waals surface area contributed by atoms with Crippen molar-refractivity contribution in [3.05, 3.63) is 23.8 Å². The van der Waals surface area contributed by atoms with E-state index in [0.717, 1.165) is 37.6 Å². The van der Waals surface area contributed by atoms with Gasteiger partial charge in [0.1, 0.15) is 0 Å². The van der Waals surface area contributed by atoms with E-state index in [0.29, 0.717) is 6.61 Å². The molecule has 0 saturated heterocycles. The van der Waals surface area contributed by atoms with E-state index in [-0.39, 0.29) is 0 Å². The van der Waals surface area contributed by atoms with Gasteiger partial charge < -0.3 is 14.8 Å². The molecule has 1 N–H and O–H groups in total. The smallest absolute Gasteiger partial charge is 0.165 e. The van der Waals surface area contributed by atoms with Crippen LogP contribution in [0.3, 0.4) is 0 Å². The van der Waals surface area contributed by atoms with Crippen LogP contribution in [0.4, 0.5) is 0 Å². The van der Waals surface area contributed by atoms with Crippen LogP contribution in [0.1, 0.15) is 45.6 Å². The van der Waals surface area contributed by atoms with E-state index < -0.39 is 0 Å². The van der Waals surface area contributed by atoms with Gasteiger partial charge in [-0.3, -0.25) is 0 Å². The highest BCUT2D eigenvalue weighted by Gasteiger charge is 2.10. The lowest BCUT2D eigenvalue weighted by Gasteiger charge is -2.16. The summed E-state index contributed by atoms with van der Waals surface area (Å²) in [5.41, 5.74) is 1.17. The van der Waals surface area contributed by atoms with Gasteiger partial charge in [-0.2, -0.15) is 0 Å². The van der Waals surface area contributed by atoms with Gasteiger partial charge in [-0.05, 0) is 26.0 Å². The Balaban J connectivity index is 2.74. The van der Waals surface area contributed by atoms with Crippen molar-refractivity contribution < 1.29 is 9.47 Å². The van der Waals surface area contributed by atoms with Crippen LogP contribution >= 0.6 is 0 Å². The molecule has 3 heteroatoms. The molecule has 0 saturated carbocycles. The summed E-state index contributed by atoms with van der Waals surface area (Å²) in [5.74, 6) is 1.76. The zero-order valence-electron chi connectivity index (χ0n) is 12.5. The molecule has 0 aliphatic carbocycles. The number of rotatable bonds is 10. The highest BCUT2D eigenvalue weighted by atomic mass is 16.5. The SMILES string of the molecule is CCCCCOc1c(CNCC)cccc1OCC. The number of para-hydroxylation sites is 1. The van der Waals surface area contributed by atoms with Gasteiger partial charge in [0.15, 0.2) is 11.5 Å². The standard InChI is InChI=1S/C16H27NO2/c1-4-7-8-12-19-16-14(13-17-5-2)10-9-11-15(16)18-6-3/h9-11,17H,4-8,12-13H2,1-3H3. The van der Waals surface area contributed by atoms with E-state index in [1.807, 2.05) is 19.1 Å². The van der Waals surface area contributed by atoms with Crippen LogP contribution in [-0.2, 0) is 6.54 Å². The summed E-state index contributed by atoms with van der Waals surface area (Å²) in [6, 6.07) is 6.10. The third-order valence-corrected chi connectivity index (χ3v) is 2.92. The second kappa shape index (κ2) is 9.68. The minimum Gasteiger partial charge on any atom is -0.490 e. The highest BCUT2D eigenvalue weighted by molar-refractivity contribution is 5.46. The van der Waals surface area contributed by atoms with Crippen molar-refractivity contribution in [3.8, 4) is 11.5 Å². The second-order valence-electron chi connectivity index (χ2n) is 4.51. The van der Waals surface area contributed by atoms with Gasteiger partial charge in [0.05, 0.1) is 13.2 Å². The summed E-state index contributed by atoms with van der Waals surface area (Å²) in [5, 5.41) is 3.34. The normalized spacial score (nSPS) is 10.5. The number of hydrogen-bond donors (Lipinski definition) is 1. The number of unbranched alkanes of at least 4 members (excludes halogenated alkanes) is 2. The number of nitrogens with one attached hydrogen (secondary N) is 1. The van der Waals surface area contributed by atoms with Crippen LogP contribution in [0.25, 0.3) is 0 Å². The molecule has 0 fully saturated rings. The Hall–Kier alpha value is -1.22. The predicted octanol–water partition coefficient (Wildman–Crippen LogP) is 3.76. The molecular formula is C16H27NO2. The Morgan fingerprint density at radius 2 is 1.89 bits per heavy atom. The Morgan fingerprint density at radius 1 is 1.05 bits per heavy atom. The topological polar surface area (TPSA) is 30.5 Å². The van der Waals surface area contributed by atoms with Gasteiger partial charge in [0, 0.05) is 12.1 Å². The highest BCUT2D eigenvalue weighted by Crippen LogP contribution is 2.31. The molecule has 19 heavy (non-hydrogen) atoms. The van der Waals surface area contributed by atoms with E-state index >= 15 is 0 Å². The summed E-state index contributed by atoms with van der Waals surface area (Å²) in [7, 11) is 0. The van der Waals surface area contributed by atoms with Crippen LogP contribution in [0, 0.1) is 0 Å². The third kappa shape index (κ3) is 5.52. The van der Waals surface area contributed by atoms with Crippen LogP contribution in [0.5, 0.6) is 11.5 Å². The number of benzene rings is 1. The van der Waals surface area contributed by atoms with E-state index in [4.69, 9.17) is 9.47 Å². The first-order chi connectivity index (χ1) is 9.33. The van der Waals surface area contributed by atoms with Crippen molar-refractivity contribution in [2.45, 2.75) is 46.6 Å². The summed E-state index contributed by atoms with van der Waals surface area (Å²) in [4.78, 5) is 0. The third-order valence-electron chi connectivity index (χ3n) is 2.92. The Labute approximate surface area is 117 Å². The van der Waals surface area contributed by atoms with Crippen LogP contribution < -0.4 is 14.8 Å². The average molecular weight is 265 g/mol. The Morgan fingerprint density at radius 3 is 2.58 bits per heavy atom. The van der Waals surface area contributed by atoms with Gasteiger partial charge in [0.2, 0.25) is 0 Å². The van der Waals surface area contributed by atoms with Crippen LogP contribution in [-0.4, -0.2) is 19.8 Å². The molecular weight excluding hydrogens is 238 g/mol. The maximum Gasteiger partial charge on any atom is 0.165 e. The fraction of sp³-hybridized carbons (Fsp3) is 0.625. The molecule has 0 aromatic heterocycles. The van der Waals surface area contributed by atoms with Crippen molar-refractivity contribution in [2.75, 3.05) is 19.8 Å². The number of ether oxygens (including phenoxy) is 2. The first-order valence-corrected chi connectivity index (χ1v) is 7.41. The van der Waals surface area contributed by atoms with E-state index in [2.05, 4.69) is 25.2 Å². The molecule has 1 rings (SSSR count). The molecule has 0 atom stereocenters. The zero-order valence-corrected chi connectivity index (χ0v) is 12.5. The minimum atomic E-state index is 0.663. The maximum atomic E-state index is 5.95. The average Bonchev–Trinajstić information content (AvgIpc) is 2.43. The van der Waals surface area contributed by atoms with Crippen molar-refractivity contribution in [1.29, 1.82) is 0 Å². The molecule has 1 aromatic rings. The Bertz CT molecular complexity index is 353. The van der Waals surface area contributed by atoms with E-state index in [1.165, 1.54) is 18.4 Å². The first kappa shape index (κ1) is 15.8. The minimum absolute atomic E-state index is 0.663. The van der Waals surface area contributed by atoms with Gasteiger partial charge in [-0.1, -0.05) is 38.8 Å². The lowest BCUT2D eigenvalue weighted by Crippen LogP contribution is -2.13. The van der Waals surface area contributed by atoms with Gasteiger partial charge in [0.25, 0.3) is 0 Å². The lowest BCUT2D eigenvalue weighted by molar-refractivity contribution is 0.268. The van der Waals surface area contributed by atoms with Crippen molar-refractivity contribution in [1.82, 2.24) is 5.32 Å². The van der Waals surface area contributed by atoms with Gasteiger partial charge in [-0.15, -0.1) is 0 Å². The predicted molar refractivity (Wildman–Crippen MR) is 80.0 cm³/mol. The fourth-order valence-electron chi connectivity index (χ4n) is 1.92. The van der Waals surface area contributed by atoms with Crippen molar-refractivity contribution in [3.63, 3.8) is 0 Å². The number of hydrogen-bond acceptors (Lipinski definition) is 3. The molecule has 1 aromatic carbocycles. The second-order valence-corrected chi connectivity index (χ2v) is 4.51. The van der Waals surface area contributed by atoms with E-state index in [1.54, 1.807) is 0 Å². The van der Waals surface area contributed by atoms with Gasteiger partial charge >= 0.3 is 0 Å². The Kier molecular flexibility index (Phi) is 8.07. The monoisotopic (exact) mass is 265 g/mol. The van der Waals surface area contributed by atoms with Crippen molar-refractivity contribution in [2.24, 2.45) is 0 Å². The lowest BCUT2D eigenvalue weighted by atomic mass is 10.2. The van der Waals surface area contributed by atoms with Gasteiger partial charge in [-0.25, -0.2) is 0 Å². The molecule has 0 heterocycles. The van der Waals surface area contributed by atoms with Crippen LogP contribution in [0.2, 0.25) is 0 Å². The summed E-state index contributed by atoms with van der Waals surface area (Å²) >= 11 is 0. The maximum absolute atomic E-state index is 5.95. The fourth-order valence-corrected chi connectivity index (χ4v) is 1.92. The molecule has 0 bridgehead atoms. The summed E-state index contributed by atoms with van der Waals surface area (Å²) in [6.45, 7) is 9.50. The molecule has 0 radical (unpaired) electrons. The molecule has 0 amide bonds. The van der Waals surface area contributed by atoms with Crippen LogP contribution in [0.15, 0.2) is 18.2 Å². The molecule has 3 nitrogen and oxygen atoms in total. The molecule has 0 unspecified atom stereocenters. The zero-order chi connectivity index (χ0) is 13.9. The molecule has 0 aliphatic rings. The van der Waals surface area contributed by atoms with E-state index in [9.17, 15) is 0 Å². The largest absolute Gasteiger partial charge is 0.490 e. The molecule has 108 valence electrons.